The molecule has 1 aromatic carbocycles. The summed E-state index contributed by atoms with van der Waals surface area (Å²) >= 11 is 1.65. The summed E-state index contributed by atoms with van der Waals surface area (Å²) in [6, 6.07) is 8.81. The highest BCUT2D eigenvalue weighted by molar-refractivity contribution is 7.13. The molecule has 0 spiro atoms. The van der Waals surface area contributed by atoms with Gasteiger partial charge in [0.05, 0.1) is 7.11 Å². The Hall–Kier alpha value is -2.90. The van der Waals surface area contributed by atoms with Gasteiger partial charge in [-0.05, 0) is 54.9 Å². The first-order valence-corrected chi connectivity index (χ1v) is 9.16. The van der Waals surface area contributed by atoms with E-state index in [-0.39, 0.29) is 11.3 Å². The van der Waals surface area contributed by atoms with E-state index in [1.54, 1.807) is 23.6 Å². The Kier molecular flexibility index (Phi) is 5.43. The molecule has 0 amide bonds. The van der Waals surface area contributed by atoms with E-state index >= 15 is 0 Å². The number of phenolic OH excluding ortho intramolecular Hbond substituents is 1. The Labute approximate surface area is 161 Å². The summed E-state index contributed by atoms with van der Waals surface area (Å²) in [6.45, 7) is 0.870. The number of benzene rings is 1. The summed E-state index contributed by atoms with van der Waals surface area (Å²) in [6.07, 6.45) is 1.74. The van der Waals surface area contributed by atoms with Gasteiger partial charge in [-0.3, -0.25) is 0 Å². The summed E-state index contributed by atoms with van der Waals surface area (Å²) in [5.41, 5.74) is 9.72. The maximum absolute atomic E-state index is 11.6. The molecule has 0 aliphatic heterocycles. The molecule has 27 heavy (non-hydrogen) atoms. The van der Waals surface area contributed by atoms with Crippen LogP contribution in [0.15, 0.2) is 41.9 Å². The highest BCUT2D eigenvalue weighted by atomic mass is 32.1. The lowest BCUT2D eigenvalue weighted by atomic mass is 10.0. The second-order valence-electron chi connectivity index (χ2n) is 6.44. The predicted octanol–water partition coefficient (Wildman–Crippen LogP) is 3.61. The van der Waals surface area contributed by atoms with Crippen molar-refractivity contribution in [3.63, 3.8) is 0 Å². The maximum atomic E-state index is 11.6. The average molecular weight is 383 g/mol. The molecule has 0 saturated heterocycles. The number of anilines is 1. The van der Waals surface area contributed by atoms with Gasteiger partial charge in [-0.15, -0.1) is 11.3 Å². The number of nitrogens with zero attached hydrogens (tertiary/aromatic N) is 2. The summed E-state index contributed by atoms with van der Waals surface area (Å²) in [5.74, 6) is -0.395. The molecule has 3 rings (SSSR count). The zero-order valence-corrected chi connectivity index (χ0v) is 16.2. The van der Waals surface area contributed by atoms with Gasteiger partial charge in [0, 0.05) is 28.7 Å². The number of carbonyl (C=O) groups is 1. The van der Waals surface area contributed by atoms with Gasteiger partial charge in [0.1, 0.15) is 17.1 Å². The lowest BCUT2D eigenvalue weighted by Crippen LogP contribution is -2.09. The molecule has 0 saturated carbocycles. The molecular weight excluding hydrogens is 362 g/mol. The molecule has 0 fully saturated rings. The Bertz CT molecular complexity index is 982. The number of hydrogen-bond donors (Lipinski definition) is 2. The van der Waals surface area contributed by atoms with E-state index in [1.807, 2.05) is 20.2 Å². The molecule has 2 heterocycles. The third-order valence-corrected chi connectivity index (χ3v) is 5.10. The van der Waals surface area contributed by atoms with Crippen molar-refractivity contribution in [2.24, 2.45) is 0 Å². The standard InChI is InChI=1S/C20H21N3O3S/c1-23(2)10-12-6-18(27-11-12)14-7-16(19(21)22-9-14)13-4-5-15(17(24)8-13)20(25)26-3/h4-9,11,24H,10H2,1-3H3,(H2,21,22). The Morgan fingerprint density at radius 1 is 1.26 bits per heavy atom. The fraction of sp³-hybridized carbons (Fsp3) is 0.200. The van der Waals surface area contributed by atoms with Gasteiger partial charge in [0.25, 0.3) is 0 Å². The average Bonchev–Trinajstić information content (AvgIpc) is 3.09. The van der Waals surface area contributed by atoms with Gasteiger partial charge >= 0.3 is 5.97 Å². The fourth-order valence-corrected chi connectivity index (χ4v) is 3.69. The van der Waals surface area contributed by atoms with Crippen LogP contribution in [0.5, 0.6) is 5.75 Å². The minimum Gasteiger partial charge on any atom is -0.507 e. The van der Waals surface area contributed by atoms with Crippen LogP contribution in [0, 0.1) is 0 Å². The van der Waals surface area contributed by atoms with Crippen LogP contribution in [0.2, 0.25) is 0 Å². The molecule has 7 heteroatoms. The highest BCUT2D eigenvalue weighted by Crippen LogP contribution is 2.34. The second-order valence-corrected chi connectivity index (χ2v) is 7.35. The van der Waals surface area contributed by atoms with Crippen LogP contribution < -0.4 is 5.73 Å². The van der Waals surface area contributed by atoms with Crippen molar-refractivity contribution in [2.75, 3.05) is 26.9 Å². The largest absolute Gasteiger partial charge is 0.507 e. The lowest BCUT2D eigenvalue weighted by molar-refractivity contribution is 0.0597. The molecule has 6 nitrogen and oxygen atoms in total. The first kappa shape index (κ1) is 18.9. The molecule has 0 aliphatic carbocycles. The van der Waals surface area contributed by atoms with Crippen molar-refractivity contribution in [3.05, 3.63) is 53.0 Å². The molecule has 0 atom stereocenters. The molecule has 0 aliphatic rings. The molecule has 0 unspecified atom stereocenters. The van der Waals surface area contributed by atoms with Crippen LogP contribution in [0.1, 0.15) is 15.9 Å². The Morgan fingerprint density at radius 2 is 2.04 bits per heavy atom. The topological polar surface area (TPSA) is 88.7 Å². The highest BCUT2D eigenvalue weighted by Gasteiger charge is 2.15. The van der Waals surface area contributed by atoms with Crippen molar-refractivity contribution in [1.29, 1.82) is 0 Å². The van der Waals surface area contributed by atoms with Gasteiger partial charge in [0.15, 0.2) is 0 Å². The number of rotatable bonds is 5. The molecule has 3 aromatic rings. The van der Waals surface area contributed by atoms with Crippen LogP contribution in [-0.4, -0.2) is 42.2 Å². The van der Waals surface area contributed by atoms with Crippen LogP contribution in [0.25, 0.3) is 21.6 Å². The van der Waals surface area contributed by atoms with Gasteiger partial charge < -0.3 is 20.5 Å². The van der Waals surface area contributed by atoms with Crippen LogP contribution in [0.3, 0.4) is 0 Å². The van der Waals surface area contributed by atoms with Gasteiger partial charge in [-0.1, -0.05) is 6.07 Å². The zero-order valence-electron chi connectivity index (χ0n) is 15.4. The summed E-state index contributed by atoms with van der Waals surface area (Å²) in [7, 11) is 5.34. The van der Waals surface area contributed by atoms with E-state index in [4.69, 9.17) is 5.73 Å². The number of aromatic nitrogens is 1. The number of carbonyl (C=O) groups excluding carboxylic acids is 1. The SMILES string of the molecule is COC(=O)c1ccc(-c2cc(-c3cc(CN(C)C)cs3)cnc2N)cc1O. The van der Waals surface area contributed by atoms with Crippen LogP contribution in [-0.2, 0) is 11.3 Å². The van der Waals surface area contributed by atoms with Crippen molar-refractivity contribution >= 4 is 23.1 Å². The van der Waals surface area contributed by atoms with E-state index < -0.39 is 5.97 Å². The zero-order chi connectivity index (χ0) is 19.6. The van der Waals surface area contributed by atoms with E-state index in [9.17, 15) is 9.90 Å². The molecule has 3 N–H and O–H groups in total. The number of hydrogen-bond acceptors (Lipinski definition) is 7. The Balaban J connectivity index is 1.97. The second kappa shape index (κ2) is 7.77. The molecule has 0 radical (unpaired) electrons. The fourth-order valence-electron chi connectivity index (χ4n) is 2.80. The minimum absolute atomic E-state index is 0.107. The first-order chi connectivity index (χ1) is 12.9. The quantitative estimate of drug-likeness (QED) is 0.654. The molecule has 140 valence electrons. The third-order valence-electron chi connectivity index (χ3n) is 4.07. The molecular formula is C20H21N3O3S. The smallest absolute Gasteiger partial charge is 0.341 e. The number of aromatic hydroxyl groups is 1. The number of ether oxygens (including phenoxy) is 1. The number of nitrogens with two attached hydrogens (primary N) is 1. The van der Waals surface area contributed by atoms with Crippen molar-refractivity contribution in [1.82, 2.24) is 9.88 Å². The third kappa shape index (κ3) is 4.10. The van der Waals surface area contributed by atoms with Crippen molar-refractivity contribution < 1.29 is 14.6 Å². The van der Waals surface area contributed by atoms with Gasteiger partial charge in [-0.2, -0.15) is 0 Å². The first-order valence-electron chi connectivity index (χ1n) is 8.28. The van der Waals surface area contributed by atoms with Gasteiger partial charge in [0.2, 0.25) is 0 Å². The Morgan fingerprint density at radius 3 is 2.70 bits per heavy atom. The number of esters is 1. The summed E-state index contributed by atoms with van der Waals surface area (Å²) in [4.78, 5) is 19.2. The molecule has 2 aromatic heterocycles. The predicted molar refractivity (Wildman–Crippen MR) is 108 cm³/mol. The number of nitrogen functional groups attached to an aromatic ring is 1. The van der Waals surface area contributed by atoms with Crippen LogP contribution in [0.4, 0.5) is 5.82 Å². The maximum Gasteiger partial charge on any atom is 0.341 e. The number of methoxy groups -OCH3 is 1. The van der Waals surface area contributed by atoms with Crippen molar-refractivity contribution in [3.8, 4) is 27.3 Å². The number of phenols is 1. The summed E-state index contributed by atoms with van der Waals surface area (Å²) < 4.78 is 4.66. The van der Waals surface area contributed by atoms with Crippen LogP contribution >= 0.6 is 11.3 Å². The normalized spacial score (nSPS) is 11.0. The number of pyridine rings is 1. The molecule has 0 bridgehead atoms. The minimum atomic E-state index is -0.592. The van der Waals surface area contributed by atoms with Gasteiger partial charge in [-0.25, -0.2) is 9.78 Å². The lowest BCUT2D eigenvalue weighted by Gasteiger charge is -2.10. The van der Waals surface area contributed by atoms with E-state index in [1.165, 1.54) is 24.8 Å². The number of thiophene rings is 1. The van der Waals surface area contributed by atoms with E-state index in [0.29, 0.717) is 16.9 Å². The monoisotopic (exact) mass is 383 g/mol. The van der Waals surface area contributed by atoms with E-state index in [0.717, 1.165) is 17.0 Å². The van der Waals surface area contributed by atoms with E-state index in [2.05, 4.69) is 26.1 Å². The van der Waals surface area contributed by atoms with Crippen molar-refractivity contribution in [2.45, 2.75) is 6.54 Å². The summed E-state index contributed by atoms with van der Waals surface area (Å²) in [5, 5.41) is 12.3.